The van der Waals surface area contributed by atoms with Crippen molar-refractivity contribution in [1.29, 1.82) is 5.26 Å². The van der Waals surface area contributed by atoms with Crippen LogP contribution in [0.2, 0.25) is 0 Å². The van der Waals surface area contributed by atoms with Crippen LogP contribution >= 0.6 is 0 Å². The van der Waals surface area contributed by atoms with Crippen molar-refractivity contribution >= 4 is 22.6 Å². The summed E-state index contributed by atoms with van der Waals surface area (Å²) in [4.78, 5) is 21.9. The number of carbonyl (C=O) groups excluding carboxylic acids is 1. The smallest absolute Gasteiger partial charge is 0.226 e. The van der Waals surface area contributed by atoms with Crippen LogP contribution in [0, 0.1) is 23.8 Å². The van der Waals surface area contributed by atoms with Crippen LogP contribution in [0.3, 0.4) is 0 Å². The zero-order valence-electron chi connectivity index (χ0n) is 19.0. The molecule has 0 radical (unpaired) electrons. The minimum Gasteiger partial charge on any atom is -0.334 e. The summed E-state index contributed by atoms with van der Waals surface area (Å²) in [5.41, 5.74) is 3.68. The van der Waals surface area contributed by atoms with Crippen molar-refractivity contribution < 1.29 is 4.79 Å². The van der Waals surface area contributed by atoms with Gasteiger partial charge >= 0.3 is 0 Å². The highest BCUT2D eigenvalue weighted by atomic mass is 16.1. The molecule has 0 bridgehead atoms. The number of hydrogen-bond donors (Lipinski definition) is 2. The molecular formula is C26H29N5O. The lowest BCUT2D eigenvalue weighted by atomic mass is 9.92. The van der Waals surface area contributed by atoms with Gasteiger partial charge in [-0.2, -0.15) is 5.26 Å². The van der Waals surface area contributed by atoms with E-state index in [0.717, 1.165) is 27.6 Å². The monoisotopic (exact) mass is 427 g/mol. The van der Waals surface area contributed by atoms with Crippen LogP contribution in [0.4, 0.5) is 0 Å². The summed E-state index contributed by atoms with van der Waals surface area (Å²) in [6.07, 6.45) is 3.97. The van der Waals surface area contributed by atoms with Gasteiger partial charge < -0.3 is 5.32 Å². The molecule has 2 aromatic carbocycles. The fourth-order valence-corrected chi connectivity index (χ4v) is 3.40. The van der Waals surface area contributed by atoms with Crippen LogP contribution in [0.15, 0.2) is 65.8 Å². The van der Waals surface area contributed by atoms with Gasteiger partial charge in [-0.1, -0.05) is 57.2 Å². The van der Waals surface area contributed by atoms with E-state index in [0.29, 0.717) is 12.3 Å². The first-order chi connectivity index (χ1) is 15.3. The first-order valence-electron chi connectivity index (χ1n) is 10.7. The number of aryl methyl sites for hydroxylation is 1. The fourth-order valence-electron chi connectivity index (χ4n) is 3.40. The van der Waals surface area contributed by atoms with Crippen molar-refractivity contribution in [3.05, 3.63) is 77.5 Å². The van der Waals surface area contributed by atoms with Crippen LogP contribution in [0.1, 0.15) is 37.5 Å². The second-order valence-electron chi connectivity index (χ2n) is 8.96. The molecule has 0 spiro atoms. The predicted octanol–water partition coefficient (Wildman–Crippen LogP) is 4.29. The maximum absolute atomic E-state index is 12.9. The molecule has 6 heteroatoms. The third-order valence-corrected chi connectivity index (χ3v) is 5.25. The first-order valence-corrected chi connectivity index (χ1v) is 10.7. The maximum Gasteiger partial charge on any atom is 0.226 e. The van der Waals surface area contributed by atoms with Crippen LogP contribution in [0.25, 0.3) is 10.9 Å². The topological polar surface area (TPSA) is 90.2 Å². The van der Waals surface area contributed by atoms with Gasteiger partial charge in [0.25, 0.3) is 0 Å². The average molecular weight is 428 g/mol. The van der Waals surface area contributed by atoms with Crippen LogP contribution in [0.5, 0.6) is 0 Å². The molecule has 164 valence electrons. The van der Waals surface area contributed by atoms with E-state index in [1.165, 1.54) is 0 Å². The Balaban J connectivity index is 1.78. The molecule has 1 aromatic heterocycles. The van der Waals surface area contributed by atoms with Gasteiger partial charge in [0, 0.05) is 23.4 Å². The number of aliphatic imine (C=N–C) groups is 1. The SMILES string of the molecule is Cc1ccccc1C/C(=N\C(NC(=O)Cc1ccc2ncccc2c1)C(C)(C)C)NC#N. The number of rotatable bonds is 6. The molecule has 1 atom stereocenters. The molecular weight excluding hydrogens is 398 g/mol. The van der Waals surface area contributed by atoms with E-state index in [-0.39, 0.29) is 17.7 Å². The van der Waals surface area contributed by atoms with Crippen LogP contribution < -0.4 is 10.6 Å². The molecule has 0 aliphatic heterocycles. The maximum atomic E-state index is 12.9. The molecule has 2 N–H and O–H groups in total. The number of amides is 1. The first kappa shape index (κ1) is 23.0. The van der Waals surface area contributed by atoms with E-state index < -0.39 is 6.17 Å². The second-order valence-corrected chi connectivity index (χ2v) is 8.96. The summed E-state index contributed by atoms with van der Waals surface area (Å²) < 4.78 is 0. The van der Waals surface area contributed by atoms with Gasteiger partial charge in [-0.3, -0.25) is 15.1 Å². The molecule has 0 saturated carbocycles. The zero-order chi connectivity index (χ0) is 23.1. The van der Waals surface area contributed by atoms with Gasteiger partial charge in [-0.15, -0.1) is 0 Å². The Bertz CT molecular complexity index is 1170. The largest absolute Gasteiger partial charge is 0.334 e. The summed E-state index contributed by atoms with van der Waals surface area (Å²) in [7, 11) is 0. The van der Waals surface area contributed by atoms with Gasteiger partial charge in [-0.05, 0) is 41.8 Å². The molecule has 0 fully saturated rings. The highest BCUT2D eigenvalue weighted by molar-refractivity contribution is 5.87. The molecule has 32 heavy (non-hydrogen) atoms. The van der Waals surface area contributed by atoms with Crippen molar-refractivity contribution in [2.24, 2.45) is 10.4 Å². The lowest BCUT2D eigenvalue weighted by molar-refractivity contribution is -0.121. The Labute approximate surface area is 189 Å². The molecule has 0 aliphatic rings. The van der Waals surface area contributed by atoms with E-state index in [2.05, 4.69) is 15.6 Å². The van der Waals surface area contributed by atoms with Gasteiger partial charge in [0.15, 0.2) is 6.19 Å². The summed E-state index contributed by atoms with van der Waals surface area (Å²) in [5.74, 6) is 0.405. The normalized spacial score (nSPS) is 12.8. The molecule has 1 unspecified atom stereocenters. The lowest BCUT2D eigenvalue weighted by Crippen LogP contribution is -2.44. The van der Waals surface area contributed by atoms with Crippen molar-refractivity contribution in [3.63, 3.8) is 0 Å². The Kier molecular flexibility index (Phi) is 7.21. The molecule has 3 rings (SSSR count). The quantitative estimate of drug-likeness (QED) is 0.266. The minimum atomic E-state index is -0.489. The van der Waals surface area contributed by atoms with E-state index >= 15 is 0 Å². The number of amidine groups is 1. The van der Waals surface area contributed by atoms with Crippen molar-refractivity contribution in [3.8, 4) is 6.19 Å². The highest BCUT2D eigenvalue weighted by Gasteiger charge is 2.26. The number of nitriles is 1. The number of pyridine rings is 1. The molecule has 3 aromatic rings. The van der Waals surface area contributed by atoms with E-state index in [4.69, 9.17) is 4.99 Å². The number of nitrogens with one attached hydrogen (secondary N) is 2. The molecule has 1 amide bonds. The number of benzene rings is 2. The van der Waals surface area contributed by atoms with Gasteiger partial charge in [-0.25, -0.2) is 4.99 Å². The standard InChI is InChI=1S/C26H29N5O/c1-18-8-5-6-9-20(18)16-23(29-17-27)30-25(26(2,3)4)31-24(32)15-19-11-12-22-21(14-19)10-7-13-28-22/h5-14,25H,15-16H2,1-4H3,(H,29,30)(H,31,32). The Hall–Kier alpha value is -3.72. The summed E-state index contributed by atoms with van der Waals surface area (Å²) in [6.45, 7) is 8.07. The number of hydrogen-bond acceptors (Lipinski definition) is 4. The molecule has 6 nitrogen and oxygen atoms in total. The average Bonchev–Trinajstić information content (AvgIpc) is 2.74. The lowest BCUT2D eigenvalue weighted by Gasteiger charge is -2.29. The van der Waals surface area contributed by atoms with E-state index in [1.54, 1.807) is 6.20 Å². The highest BCUT2D eigenvalue weighted by Crippen LogP contribution is 2.21. The summed E-state index contributed by atoms with van der Waals surface area (Å²) in [6, 6.07) is 17.7. The number of nitrogens with zero attached hydrogens (tertiary/aromatic N) is 3. The number of aromatic nitrogens is 1. The fraction of sp³-hybridized carbons (Fsp3) is 0.308. The third kappa shape index (κ3) is 6.14. The Morgan fingerprint density at radius 1 is 1.12 bits per heavy atom. The zero-order valence-corrected chi connectivity index (χ0v) is 19.0. The summed E-state index contributed by atoms with van der Waals surface area (Å²) >= 11 is 0. The summed E-state index contributed by atoms with van der Waals surface area (Å²) in [5, 5.41) is 16.0. The second kappa shape index (κ2) is 10.1. The van der Waals surface area contributed by atoms with Crippen molar-refractivity contribution in [1.82, 2.24) is 15.6 Å². The number of carbonyl (C=O) groups is 1. The van der Waals surface area contributed by atoms with Crippen molar-refractivity contribution in [2.75, 3.05) is 0 Å². The molecule has 1 heterocycles. The van der Waals surface area contributed by atoms with E-state index in [1.807, 2.05) is 88.5 Å². The Morgan fingerprint density at radius 3 is 2.62 bits per heavy atom. The van der Waals surface area contributed by atoms with Gasteiger partial charge in [0.2, 0.25) is 5.91 Å². The predicted molar refractivity (Wildman–Crippen MR) is 128 cm³/mol. The third-order valence-electron chi connectivity index (χ3n) is 5.25. The molecule has 0 saturated heterocycles. The van der Waals surface area contributed by atoms with Gasteiger partial charge in [0.1, 0.15) is 12.0 Å². The van der Waals surface area contributed by atoms with E-state index in [9.17, 15) is 10.1 Å². The van der Waals surface area contributed by atoms with Crippen LogP contribution in [-0.4, -0.2) is 22.9 Å². The minimum absolute atomic E-state index is 0.121. The Morgan fingerprint density at radius 2 is 1.91 bits per heavy atom. The van der Waals surface area contributed by atoms with Gasteiger partial charge in [0.05, 0.1) is 11.9 Å². The number of fused-ring (bicyclic) bond motifs is 1. The van der Waals surface area contributed by atoms with Crippen LogP contribution in [-0.2, 0) is 17.6 Å². The van der Waals surface area contributed by atoms with Crippen molar-refractivity contribution in [2.45, 2.75) is 46.7 Å². The molecule has 0 aliphatic carbocycles.